The summed E-state index contributed by atoms with van der Waals surface area (Å²) >= 11 is 0. The van der Waals surface area contributed by atoms with Crippen LogP contribution in [0.2, 0.25) is 0 Å². The van der Waals surface area contributed by atoms with Crippen LogP contribution in [-0.2, 0) is 4.79 Å². The molecule has 1 amide bonds. The van der Waals surface area contributed by atoms with Gasteiger partial charge in [0.2, 0.25) is 5.91 Å². The number of nitrogens with zero attached hydrogens (tertiary/aromatic N) is 1. The highest BCUT2D eigenvalue weighted by molar-refractivity contribution is 5.84. The summed E-state index contributed by atoms with van der Waals surface area (Å²) < 4.78 is 0. The predicted octanol–water partition coefficient (Wildman–Crippen LogP) is 2.33. The number of carbonyl (C=O) groups is 1. The highest BCUT2D eigenvalue weighted by Crippen LogP contribution is 2.68. The molecule has 3 heteroatoms. The molecule has 0 radical (unpaired) electrons. The Bertz CT molecular complexity index is 333. The van der Waals surface area contributed by atoms with Gasteiger partial charge >= 0.3 is 0 Å². The molecule has 0 bridgehead atoms. The summed E-state index contributed by atoms with van der Waals surface area (Å²) in [6.45, 7) is 12.6. The normalized spacial score (nSPS) is 22.3. The summed E-state index contributed by atoms with van der Waals surface area (Å²) in [5.41, 5.74) is -0.361. The molecule has 0 spiro atoms. The van der Waals surface area contributed by atoms with Crippen LogP contribution in [0.4, 0.5) is 0 Å². The van der Waals surface area contributed by atoms with Crippen molar-refractivity contribution in [2.75, 3.05) is 6.54 Å². The minimum absolute atomic E-state index is 0.0634. The predicted molar refractivity (Wildman–Crippen MR) is 63.5 cm³/mol. The number of nitriles is 1. The first-order chi connectivity index (χ1) is 7.06. The van der Waals surface area contributed by atoms with Gasteiger partial charge in [0.15, 0.2) is 0 Å². The molecule has 1 saturated carbocycles. The van der Waals surface area contributed by atoms with E-state index in [1.165, 1.54) is 0 Å². The summed E-state index contributed by atoms with van der Waals surface area (Å²) in [6, 6.07) is 2.18. The van der Waals surface area contributed by atoms with Crippen LogP contribution in [0.15, 0.2) is 0 Å². The standard InChI is InChI=1S/C13H22N2O/c1-11(2,7-14)8-15-10(16)9-12(3,4)13(9,5)6/h9H,8H2,1-6H3,(H,15,16). The van der Waals surface area contributed by atoms with Gasteiger partial charge in [0, 0.05) is 12.5 Å². The summed E-state index contributed by atoms with van der Waals surface area (Å²) in [5, 5.41) is 11.8. The van der Waals surface area contributed by atoms with Crippen LogP contribution in [0, 0.1) is 33.5 Å². The van der Waals surface area contributed by atoms with E-state index in [0.29, 0.717) is 6.54 Å². The second-order valence-corrected chi connectivity index (χ2v) is 6.59. The van der Waals surface area contributed by atoms with Gasteiger partial charge in [-0.1, -0.05) is 27.7 Å². The lowest BCUT2D eigenvalue weighted by molar-refractivity contribution is -0.123. The number of carbonyl (C=O) groups excluding carboxylic acids is 1. The molecule has 0 aromatic heterocycles. The highest BCUT2D eigenvalue weighted by Gasteiger charge is 2.68. The Hall–Kier alpha value is -1.04. The molecule has 1 N–H and O–H groups in total. The van der Waals surface area contributed by atoms with E-state index in [1.54, 1.807) is 0 Å². The van der Waals surface area contributed by atoms with Crippen molar-refractivity contribution in [2.24, 2.45) is 22.2 Å². The molecule has 1 rings (SSSR count). The molecule has 90 valence electrons. The van der Waals surface area contributed by atoms with E-state index in [9.17, 15) is 4.79 Å². The fourth-order valence-electron chi connectivity index (χ4n) is 2.30. The SMILES string of the molecule is CC(C)(C#N)CNC(=O)C1C(C)(C)C1(C)C. The molecule has 0 heterocycles. The van der Waals surface area contributed by atoms with Crippen LogP contribution in [0.5, 0.6) is 0 Å². The summed E-state index contributed by atoms with van der Waals surface area (Å²) in [6.07, 6.45) is 0. The molecule has 1 fully saturated rings. The minimum Gasteiger partial charge on any atom is -0.354 e. The van der Waals surface area contributed by atoms with Crippen LogP contribution in [0.25, 0.3) is 0 Å². The fourth-order valence-corrected chi connectivity index (χ4v) is 2.30. The Labute approximate surface area is 98.2 Å². The van der Waals surface area contributed by atoms with E-state index in [4.69, 9.17) is 5.26 Å². The lowest BCUT2D eigenvalue weighted by Crippen LogP contribution is -2.35. The monoisotopic (exact) mass is 222 g/mol. The van der Waals surface area contributed by atoms with Crippen LogP contribution in [-0.4, -0.2) is 12.5 Å². The molecule has 1 aliphatic carbocycles. The zero-order chi connectivity index (χ0) is 12.8. The van der Waals surface area contributed by atoms with E-state index >= 15 is 0 Å². The van der Waals surface area contributed by atoms with E-state index in [2.05, 4.69) is 39.1 Å². The Balaban J connectivity index is 2.55. The second-order valence-electron chi connectivity index (χ2n) is 6.59. The number of nitrogens with one attached hydrogen (secondary N) is 1. The first-order valence-corrected chi connectivity index (χ1v) is 5.75. The van der Waals surface area contributed by atoms with Crippen molar-refractivity contribution in [1.29, 1.82) is 5.26 Å². The Morgan fingerprint density at radius 2 is 1.75 bits per heavy atom. The Kier molecular flexibility index (Phi) is 2.83. The maximum Gasteiger partial charge on any atom is 0.224 e. The molecule has 0 aliphatic heterocycles. The van der Waals surface area contributed by atoms with Crippen molar-refractivity contribution in [3.8, 4) is 6.07 Å². The van der Waals surface area contributed by atoms with Crippen molar-refractivity contribution in [3.05, 3.63) is 0 Å². The van der Waals surface area contributed by atoms with E-state index in [-0.39, 0.29) is 22.7 Å². The average Bonchev–Trinajstić information content (AvgIpc) is 2.54. The van der Waals surface area contributed by atoms with Crippen molar-refractivity contribution >= 4 is 5.91 Å². The van der Waals surface area contributed by atoms with E-state index in [0.717, 1.165) is 0 Å². The van der Waals surface area contributed by atoms with Crippen molar-refractivity contribution in [3.63, 3.8) is 0 Å². The van der Waals surface area contributed by atoms with Crippen LogP contribution < -0.4 is 5.32 Å². The zero-order valence-electron chi connectivity index (χ0n) is 11.1. The van der Waals surface area contributed by atoms with E-state index in [1.807, 2.05) is 13.8 Å². The molecule has 0 aromatic carbocycles. The fraction of sp³-hybridized carbons (Fsp3) is 0.846. The molecular weight excluding hydrogens is 200 g/mol. The van der Waals surface area contributed by atoms with Gasteiger partial charge in [-0.25, -0.2) is 0 Å². The van der Waals surface area contributed by atoms with Crippen molar-refractivity contribution < 1.29 is 4.79 Å². The van der Waals surface area contributed by atoms with Crippen LogP contribution >= 0.6 is 0 Å². The minimum atomic E-state index is -0.487. The third kappa shape index (κ3) is 1.93. The molecule has 0 aromatic rings. The van der Waals surface area contributed by atoms with Gasteiger partial charge < -0.3 is 5.32 Å². The quantitative estimate of drug-likeness (QED) is 0.796. The van der Waals surface area contributed by atoms with Gasteiger partial charge in [-0.15, -0.1) is 0 Å². The maximum atomic E-state index is 12.0. The summed E-state index contributed by atoms with van der Waals surface area (Å²) in [5.74, 6) is 0.146. The second kappa shape index (κ2) is 3.48. The lowest BCUT2D eigenvalue weighted by atomic mass is 9.96. The van der Waals surface area contributed by atoms with Gasteiger partial charge in [-0.2, -0.15) is 5.26 Å². The topological polar surface area (TPSA) is 52.9 Å². The van der Waals surface area contributed by atoms with Gasteiger partial charge in [-0.05, 0) is 24.7 Å². The van der Waals surface area contributed by atoms with Crippen molar-refractivity contribution in [2.45, 2.75) is 41.5 Å². The third-order valence-corrected chi connectivity index (χ3v) is 4.29. The molecule has 16 heavy (non-hydrogen) atoms. The van der Waals surface area contributed by atoms with Crippen molar-refractivity contribution in [1.82, 2.24) is 5.32 Å². The molecule has 0 atom stereocenters. The Morgan fingerprint density at radius 3 is 2.06 bits per heavy atom. The molecule has 0 saturated heterocycles. The number of amides is 1. The van der Waals surface area contributed by atoms with E-state index < -0.39 is 5.41 Å². The summed E-state index contributed by atoms with van der Waals surface area (Å²) in [7, 11) is 0. The first-order valence-electron chi connectivity index (χ1n) is 5.75. The van der Waals surface area contributed by atoms with Crippen LogP contribution in [0.1, 0.15) is 41.5 Å². The van der Waals surface area contributed by atoms with Gasteiger partial charge in [0.25, 0.3) is 0 Å². The van der Waals surface area contributed by atoms with Gasteiger partial charge in [-0.3, -0.25) is 4.79 Å². The van der Waals surface area contributed by atoms with Gasteiger partial charge in [0.05, 0.1) is 11.5 Å². The Morgan fingerprint density at radius 1 is 1.31 bits per heavy atom. The summed E-state index contributed by atoms with van der Waals surface area (Å²) in [4.78, 5) is 12.0. The average molecular weight is 222 g/mol. The van der Waals surface area contributed by atoms with Gasteiger partial charge in [0.1, 0.15) is 0 Å². The number of rotatable bonds is 3. The molecule has 1 aliphatic rings. The van der Waals surface area contributed by atoms with Crippen LogP contribution in [0.3, 0.4) is 0 Å². The number of hydrogen-bond donors (Lipinski definition) is 1. The number of hydrogen-bond acceptors (Lipinski definition) is 2. The molecule has 0 unspecified atom stereocenters. The molecule has 3 nitrogen and oxygen atoms in total. The largest absolute Gasteiger partial charge is 0.354 e. The lowest BCUT2D eigenvalue weighted by Gasteiger charge is -2.16. The highest BCUT2D eigenvalue weighted by atomic mass is 16.2. The third-order valence-electron chi connectivity index (χ3n) is 4.29. The molecular formula is C13H22N2O. The maximum absolute atomic E-state index is 12.0. The first kappa shape index (κ1) is 13.0. The smallest absolute Gasteiger partial charge is 0.224 e. The zero-order valence-corrected chi connectivity index (χ0v) is 11.1.